The summed E-state index contributed by atoms with van der Waals surface area (Å²) in [5, 5.41) is 14.6. The van der Waals surface area contributed by atoms with Crippen LogP contribution in [-0.4, -0.2) is 25.7 Å². The van der Waals surface area contributed by atoms with Gasteiger partial charge in [0, 0.05) is 12.3 Å². The van der Waals surface area contributed by atoms with E-state index in [4.69, 9.17) is 0 Å². The summed E-state index contributed by atoms with van der Waals surface area (Å²) in [5.74, 6) is 0.909. The minimum atomic E-state index is -0.650. The van der Waals surface area contributed by atoms with Crippen molar-refractivity contribution in [2.24, 2.45) is 5.92 Å². The van der Waals surface area contributed by atoms with E-state index in [9.17, 15) is 9.90 Å². The molecule has 1 aliphatic heterocycles. The van der Waals surface area contributed by atoms with Crippen LogP contribution in [0, 0.1) is 12.8 Å². The Morgan fingerprint density at radius 2 is 2.10 bits per heavy atom. The smallest absolute Gasteiger partial charge is 0.217 e. The Morgan fingerprint density at radius 1 is 1.33 bits per heavy atom. The molecular formula is C16H17N3O2. The summed E-state index contributed by atoms with van der Waals surface area (Å²) in [6.07, 6.45) is 1.79. The Morgan fingerprint density at radius 3 is 2.81 bits per heavy atom. The van der Waals surface area contributed by atoms with Gasteiger partial charge in [-0.2, -0.15) is 0 Å². The van der Waals surface area contributed by atoms with Gasteiger partial charge in [-0.25, -0.2) is 9.67 Å². The number of aliphatic hydroxyl groups excluding tert-OH is 1. The summed E-state index contributed by atoms with van der Waals surface area (Å²) in [7, 11) is 0. The number of carbonyl (C=O) groups excluding carboxylic acids is 1. The van der Waals surface area contributed by atoms with E-state index in [-0.39, 0.29) is 23.6 Å². The van der Waals surface area contributed by atoms with Crippen molar-refractivity contribution in [3.8, 4) is 0 Å². The van der Waals surface area contributed by atoms with Crippen LogP contribution in [0.4, 0.5) is 0 Å². The highest BCUT2D eigenvalue weighted by molar-refractivity contribution is 5.95. The molecule has 5 heteroatoms. The van der Waals surface area contributed by atoms with E-state index in [2.05, 4.69) is 10.1 Å². The first-order chi connectivity index (χ1) is 10.1. The average Bonchev–Trinajstić information content (AvgIpc) is 3.15. The molecule has 0 bridgehead atoms. The number of aliphatic hydroxyl groups is 1. The molecule has 2 aliphatic rings. The van der Waals surface area contributed by atoms with Gasteiger partial charge in [-0.1, -0.05) is 24.3 Å². The quantitative estimate of drug-likeness (QED) is 0.877. The van der Waals surface area contributed by atoms with Crippen LogP contribution in [0.2, 0.25) is 0 Å². The zero-order valence-electron chi connectivity index (χ0n) is 11.9. The van der Waals surface area contributed by atoms with Crippen molar-refractivity contribution in [1.29, 1.82) is 0 Å². The van der Waals surface area contributed by atoms with Crippen LogP contribution in [0.5, 0.6) is 0 Å². The van der Waals surface area contributed by atoms with E-state index in [0.717, 1.165) is 24.0 Å². The lowest BCUT2D eigenvalue weighted by atomic mass is 9.99. The lowest BCUT2D eigenvalue weighted by Gasteiger charge is -2.14. The van der Waals surface area contributed by atoms with Gasteiger partial charge in [-0.3, -0.25) is 4.79 Å². The number of aromatic nitrogens is 3. The molecule has 108 valence electrons. The number of hydrogen-bond acceptors (Lipinski definition) is 4. The molecule has 0 spiro atoms. The van der Waals surface area contributed by atoms with Crippen LogP contribution in [0.3, 0.4) is 0 Å². The van der Waals surface area contributed by atoms with Crippen LogP contribution in [-0.2, 0) is 0 Å². The van der Waals surface area contributed by atoms with Crippen LogP contribution in [0.1, 0.15) is 59.0 Å². The minimum Gasteiger partial charge on any atom is -0.385 e. The number of rotatable bonds is 3. The summed E-state index contributed by atoms with van der Waals surface area (Å²) >= 11 is 0. The normalized spacial score (nSPS) is 24.1. The number of hydrogen-bond donors (Lipinski definition) is 1. The van der Waals surface area contributed by atoms with Crippen LogP contribution < -0.4 is 0 Å². The standard InChI is InChI=1S/C16H17N3O2/c1-9-4-2-3-5-11(9)12-8-13(20)16-17-15(18-19(12)16)14(21)10-6-7-10/h2-5,10,12-13,20H,6-8H2,1H3/t12-,13+/m0/s1. The Bertz CT molecular complexity index is 718. The van der Waals surface area contributed by atoms with E-state index in [1.165, 1.54) is 0 Å². The van der Waals surface area contributed by atoms with E-state index < -0.39 is 6.10 Å². The van der Waals surface area contributed by atoms with Crippen molar-refractivity contribution in [3.05, 3.63) is 47.0 Å². The van der Waals surface area contributed by atoms with Gasteiger partial charge in [0.1, 0.15) is 6.10 Å². The maximum Gasteiger partial charge on any atom is 0.217 e. The number of aryl methyl sites for hydroxylation is 1. The zero-order valence-corrected chi connectivity index (χ0v) is 11.9. The molecule has 0 unspecified atom stereocenters. The fourth-order valence-corrected chi connectivity index (χ4v) is 3.06. The van der Waals surface area contributed by atoms with Gasteiger partial charge in [-0.05, 0) is 30.9 Å². The second-order valence-electron chi connectivity index (χ2n) is 6.00. The summed E-state index contributed by atoms with van der Waals surface area (Å²) in [6, 6.07) is 8.04. The van der Waals surface area contributed by atoms with Crippen molar-refractivity contribution >= 4 is 5.78 Å². The first-order valence-electron chi connectivity index (χ1n) is 7.39. The van der Waals surface area contributed by atoms with Gasteiger partial charge in [0.05, 0.1) is 6.04 Å². The predicted molar refractivity (Wildman–Crippen MR) is 76.0 cm³/mol. The monoisotopic (exact) mass is 283 g/mol. The Labute approximate surface area is 122 Å². The third-order valence-corrected chi connectivity index (χ3v) is 4.41. The van der Waals surface area contributed by atoms with Crippen molar-refractivity contribution in [1.82, 2.24) is 14.8 Å². The molecule has 2 heterocycles. The minimum absolute atomic E-state index is 0.0210. The van der Waals surface area contributed by atoms with E-state index in [1.807, 2.05) is 31.2 Å². The summed E-state index contributed by atoms with van der Waals surface area (Å²) < 4.78 is 1.74. The number of nitrogens with zero attached hydrogens (tertiary/aromatic N) is 3. The third kappa shape index (κ3) is 2.00. The van der Waals surface area contributed by atoms with Gasteiger partial charge in [0.25, 0.3) is 0 Å². The van der Waals surface area contributed by atoms with Gasteiger partial charge >= 0.3 is 0 Å². The molecule has 2 aromatic rings. The summed E-state index contributed by atoms with van der Waals surface area (Å²) in [4.78, 5) is 16.4. The van der Waals surface area contributed by atoms with Crippen LogP contribution in [0.15, 0.2) is 24.3 Å². The van der Waals surface area contributed by atoms with E-state index >= 15 is 0 Å². The molecule has 0 radical (unpaired) electrons. The van der Waals surface area contributed by atoms with E-state index in [0.29, 0.717) is 12.2 Å². The predicted octanol–water partition coefficient (Wildman–Crippen LogP) is 2.21. The Hall–Kier alpha value is -2.01. The molecule has 2 atom stereocenters. The molecule has 0 saturated heterocycles. The maximum absolute atomic E-state index is 12.1. The SMILES string of the molecule is Cc1ccccc1[C@@H]1C[C@@H](O)c2nc(C(=O)C3CC3)nn21. The van der Waals surface area contributed by atoms with Crippen LogP contribution in [0.25, 0.3) is 0 Å². The van der Waals surface area contributed by atoms with Gasteiger partial charge in [0.15, 0.2) is 5.82 Å². The number of carbonyl (C=O) groups is 1. The lowest BCUT2D eigenvalue weighted by molar-refractivity contribution is 0.0956. The number of benzene rings is 1. The first-order valence-corrected chi connectivity index (χ1v) is 7.39. The largest absolute Gasteiger partial charge is 0.385 e. The molecule has 1 N–H and O–H groups in total. The fourth-order valence-electron chi connectivity index (χ4n) is 3.06. The number of fused-ring (bicyclic) bond motifs is 1. The van der Waals surface area contributed by atoms with Gasteiger partial charge in [0.2, 0.25) is 11.6 Å². The molecule has 1 aromatic heterocycles. The number of Topliss-reactive ketones (excluding diaryl/α,β-unsaturated/α-hetero) is 1. The first kappa shape index (κ1) is 12.7. The highest BCUT2D eigenvalue weighted by Gasteiger charge is 2.38. The Balaban J connectivity index is 1.75. The third-order valence-electron chi connectivity index (χ3n) is 4.41. The fraction of sp³-hybridized carbons (Fsp3) is 0.438. The average molecular weight is 283 g/mol. The zero-order chi connectivity index (χ0) is 14.6. The summed E-state index contributed by atoms with van der Waals surface area (Å²) in [6.45, 7) is 2.05. The van der Waals surface area contributed by atoms with Gasteiger partial charge < -0.3 is 5.11 Å². The molecule has 0 amide bonds. The maximum atomic E-state index is 12.1. The van der Waals surface area contributed by atoms with Crippen molar-refractivity contribution in [2.45, 2.75) is 38.3 Å². The molecule has 1 fully saturated rings. The molecule has 4 rings (SSSR count). The molecular weight excluding hydrogens is 266 g/mol. The van der Waals surface area contributed by atoms with Crippen molar-refractivity contribution in [3.63, 3.8) is 0 Å². The summed E-state index contributed by atoms with van der Waals surface area (Å²) in [5.41, 5.74) is 2.29. The highest BCUT2D eigenvalue weighted by Crippen LogP contribution is 2.39. The highest BCUT2D eigenvalue weighted by atomic mass is 16.3. The van der Waals surface area contributed by atoms with Crippen molar-refractivity contribution < 1.29 is 9.90 Å². The van der Waals surface area contributed by atoms with Gasteiger partial charge in [-0.15, -0.1) is 5.10 Å². The van der Waals surface area contributed by atoms with Crippen LogP contribution >= 0.6 is 0 Å². The topological polar surface area (TPSA) is 68.0 Å². The Kier molecular flexibility index (Phi) is 2.72. The van der Waals surface area contributed by atoms with Crippen molar-refractivity contribution in [2.75, 3.05) is 0 Å². The molecule has 1 aromatic carbocycles. The molecule has 21 heavy (non-hydrogen) atoms. The second kappa shape index (κ2) is 4.49. The lowest BCUT2D eigenvalue weighted by Crippen LogP contribution is -2.11. The molecule has 5 nitrogen and oxygen atoms in total. The molecule has 1 saturated carbocycles. The molecule has 1 aliphatic carbocycles. The van der Waals surface area contributed by atoms with E-state index in [1.54, 1.807) is 4.68 Å². The second-order valence-corrected chi connectivity index (χ2v) is 6.00. The number of ketones is 1.